The Hall–Kier alpha value is -2.12. The fourth-order valence-corrected chi connectivity index (χ4v) is 2.85. The van der Waals surface area contributed by atoms with Crippen LogP contribution in [-0.4, -0.2) is 16.1 Å². The summed E-state index contributed by atoms with van der Waals surface area (Å²) >= 11 is 7.16. The minimum Gasteiger partial charge on any atom is -0.550 e. The van der Waals surface area contributed by atoms with E-state index in [1.807, 2.05) is 0 Å². The first-order chi connectivity index (χ1) is 10.0. The van der Waals surface area contributed by atoms with E-state index < -0.39 is 5.97 Å². The second kappa shape index (κ2) is 5.34. The van der Waals surface area contributed by atoms with Crippen LogP contribution in [0, 0.1) is 6.92 Å². The van der Waals surface area contributed by atoms with Gasteiger partial charge in [-0.15, -0.1) is 11.3 Å². The van der Waals surface area contributed by atoms with Crippen LogP contribution < -0.4 is 5.11 Å². The monoisotopic (exact) mass is 323 g/mol. The number of nitrogens with zero attached hydrogens (tertiary/aromatic N) is 2. The van der Waals surface area contributed by atoms with Gasteiger partial charge in [0.25, 0.3) is 5.89 Å². The van der Waals surface area contributed by atoms with Crippen LogP contribution in [0.3, 0.4) is 0 Å². The van der Waals surface area contributed by atoms with Gasteiger partial charge in [0.2, 0.25) is 5.76 Å². The minimum absolute atomic E-state index is 0.173. The average molecular weight is 324 g/mol. The lowest BCUT2D eigenvalue weighted by Gasteiger charge is -1.99. The smallest absolute Gasteiger partial charge is 0.266 e. The van der Waals surface area contributed by atoms with Crippen molar-refractivity contribution in [2.75, 3.05) is 0 Å². The zero-order chi connectivity index (χ0) is 15.0. The predicted molar refractivity (Wildman–Crippen MR) is 73.8 cm³/mol. The maximum Gasteiger partial charge on any atom is 0.266 e. The van der Waals surface area contributed by atoms with Gasteiger partial charge in [0, 0.05) is 18.5 Å². The summed E-state index contributed by atoms with van der Waals surface area (Å²) in [5.41, 5.74) is 0.933. The predicted octanol–water partition coefficient (Wildman–Crippen LogP) is 2.31. The van der Waals surface area contributed by atoms with Gasteiger partial charge in [-0.05, 0) is 19.1 Å². The molecule has 3 aromatic heterocycles. The van der Waals surface area contributed by atoms with E-state index in [9.17, 15) is 9.90 Å². The highest BCUT2D eigenvalue weighted by molar-refractivity contribution is 7.19. The van der Waals surface area contributed by atoms with Crippen LogP contribution >= 0.6 is 22.9 Å². The maximum absolute atomic E-state index is 10.9. The van der Waals surface area contributed by atoms with Crippen molar-refractivity contribution < 1.29 is 18.8 Å². The normalized spacial score (nSPS) is 11.0. The topological polar surface area (TPSA) is 92.2 Å². The summed E-state index contributed by atoms with van der Waals surface area (Å²) in [6.07, 6.45) is -0.360. The minimum atomic E-state index is -1.24. The first-order valence-corrected chi connectivity index (χ1v) is 7.11. The molecule has 0 aliphatic carbocycles. The number of aryl methyl sites for hydroxylation is 1. The van der Waals surface area contributed by atoms with Crippen LogP contribution in [0.1, 0.15) is 11.4 Å². The molecule has 3 heterocycles. The molecule has 0 bridgehead atoms. The van der Waals surface area contributed by atoms with E-state index in [-0.39, 0.29) is 18.0 Å². The number of carbonyl (C=O) groups is 1. The van der Waals surface area contributed by atoms with Crippen LogP contribution in [0.5, 0.6) is 0 Å². The van der Waals surface area contributed by atoms with Crippen LogP contribution in [0.4, 0.5) is 0 Å². The van der Waals surface area contributed by atoms with Crippen molar-refractivity contribution in [2.45, 2.75) is 13.3 Å². The van der Waals surface area contributed by atoms with Gasteiger partial charge in [-0.1, -0.05) is 16.8 Å². The van der Waals surface area contributed by atoms with Crippen molar-refractivity contribution in [2.24, 2.45) is 0 Å². The number of hydrogen-bond acceptors (Lipinski definition) is 7. The van der Waals surface area contributed by atoms with E-state index in [4.69, 9.17) is 20.5 Å². The molecule has 3 rings (SSSR count). The quantitative estimate of drug-likeness (QED) is 0.731. The SMILES string of the molecule is Cc1cc(-c2nc(CC(=O)[O-])c(-c3ccc(Cl)s3)o2)on1. The summed E-state index contributed by atoms with van der Waals surface area (Å²) < 4.78 is 11.3. The number of aliphatic carboxylic acids is 1. The molecule has 0 N–H and O–H groups in total. The number of aromatic nitrogens is 2. The molecule has 0 unspecified atom stereocenters. The van der Waals surface area contributed by atoms with Crippen LogP contribution in [0.25, 0.3) is 22.3 Å². The molecule has 0 atom stereocenters. The number of carboxylic acid groups (broad SMARTS) is 1. The molecule has 0 aromatic carbocycles. The molecule has 0 saturated carbocycles. The second-order valence-electron chi connectivity index (χ2n) is 4.28. The maximum atomic E-state index is 10.9. The number of hydrogen-bond donors (Lipinski definition) is 0. The van der Waals surface area contributed by atoms with Gasteiger partial charge in [-0.25, -0.2) is 4.98 Å². The summed E-state index contributed by atoms with van der Waals surface area (Å²) in [5.74, 6) is -0.389. The number of carboxylic acids is 1. The molecule has 0 aliphatic rings. The Kier molecular flexibility index (Phi) is 3.52. The third-order valence-electron chi connectivity index (χ3n) is 2.64. The first kappa shape index (κ1) is 13.8. The molecule has 0 amide bonds. The molecule has 21 heavy (non-hydrogen) atoms. The molecule has 108 valence electrons. The van der Waals surface area contributed by atoms with Crippen molar-refractivity contribution in [1.82, 2.24) is 10.1 Å². The molecule has 0 radical (unpaired) electrons. The fraction of sp³-hybridized carbons (Fsp3) is 0.154. The summed E-state index contributed by atoms with van der Waals surface area (Å²) in [7, 11) is 0. The first-order valence-electron chi connectivity index (χ1n) is 5.92. The molecule has 3 aromatic rings. The van der Waals surface area contributed by atoms with E-state index in [1.165, 1.54) is 11.3 Å². The highest BCUT2D eigenvalue weighted by Crippen LogP contribution is 2.36. The molecule has 0 aliphatic heterocycles. The van der Waals surface area contributed by atoms with E-state index >= 15 is 0 Å². The third-order valence-corrected chi connectivity index (χ3v) is 3.87. The summed E-state index contributed by atoms with van der Waals surface area (Å²) in [5, 5.41) is 14.6. The van der Waals surface area contributed by atoms with Crippen molar-refractivity contribution >= 4 is 28.9 Å². The van der Waals surface area contributed by atoms with Crippen LogP contribution in [0.15, 0.2) is 27.1 Å². The van der Waals surface area contributed by atoms with E-state index in [2.05, 4.69) is 10.1 Å². The van der Waals surface area contributed by atoms with Gasteiger partial charge < -0.3 is 18.8 Å². The largest absolute Gasteiger partial charge is 0.550 e. The number of oxazole rings is 1. The lowest BCUT2D eigenvalue weighted by Crippen LogP contribution is -2.24. The lowest BCUT2D eigenvalue weighted by molar-refractivity contribution is -0.304. The van der Waals surface area contributed by atoms with Crippen molar-refractivity contribution in [3.8, 4) is 22.3 Å². The average Bonchev–Trinajstić information content (AvgIpc) is 3.09. The van der Waals surface area contributed by atoms with Crippen molar-refractivity contribution in [3.05, 3.63) is 33.9 Å². The van der Waals surface area contributed by atoms with Crippen LogP contribution in [0.2, 0.25) is 4.34 Å². The Morgan fingerprint density at radius 2 is 2.29 bits per heavy atom. The lowest BCUT2D eigenvalue weighted by atomic mass is 10.2. The van der Waals surface area contributed by atoms with Gasteiger partial charge in [0.15, 0.2) is 5.76 Å². The Morgan fingerprint density at radius 3 is 2.86 bits per heavy atom. The Bertz CT molecular complexity index is 805. The zero-order valence-electron chi connectivity index (χ0n) is 10.8. The van der Waals surface area contributed by atoms with Gasteiger partial charge >= 0.3 is 0 Å². The number of halogens is 1. The standard InChI is InChI=1S/C13H9ClN2O4S/c1-6-4-8(20-16-6)13-15-7(5-11(17)18)12(19-13)9-2-3-10(14)21-9/h2-4H,5H2,1H3,(H,17,18)/p-1. The highest BCUT2D eigenvalue weighted by Gasteiger charge is 2.20. The Morgan fingerprint density at radius 1 is 1.48 bits per heavy atom. The van der Waals surface area contributed by atoms with Gasteiger partial charge in [0.1, 0.15) is 0 Å². The number of thiophene rings is 1. The molecule has 6 nitrogen and oxygen atoms in total. The van der Waals surface area contributed by atoms with Gasteiger partial charge in [-0.3, -0.25) is 0 Å². The molecule has 0 fully saturated rings. The Balaban J connectivity index is 2.08. The Labute approximate surface area is 128 Å². The van der Waals surface area contributed by atoms with Gasteiger partial charge in [-0.2, -0.15) is 0 Å². The molecule has 8 heteroatoms. The number of carbonyl (C=O) groups excluding carboxylic acids is 1. The zero-order valence-corrected chi connectivity index (χ0v) is 12.3. The molecule has 0 saturated heterocycles. The highest BCUT2D eigenvalue weighted by atomic mass is 35.5. The number of rotatable bonds is 4. The summed E-state index contributed by atoms with van der Waals surface area (Å²) in [6.45, 7) is 1.76. The van der Waals surface area contributed by atoms with E-state index in [0.717, 1.165) is 0 Å². The molecular formula is C13H8ClN2O4S-. The fourth-order valence-electron chi connectivity index (χ4n) is 1.81. The molecular weight excluding hydrogens is 316 g/mol. The third kappa shape index (κ3) is 2.84. The summed E-state index contributed by atoms with van der Waals surface area (Å²) in [4.78, 5) is 15.7. The van der Waals surface area contributed by atoms with Crippen LogP contribution in [-0.2, 0) is 11.2 Å². The molecule has 0 spiro atoms. The van der Waals surface area contributed by atoms with E-state index in [1.54, 1.807) is 25.1 Å². The van der Waals surface area contributed by atoms with Gasteiger partial charge in [0.05, 0.1) is 20.6 Å². The summed E-state index contributed by atoms with van der Waals surface area (Å²) in [6, 6.07) is 5.09. The van der Waals surface area contributed by atoms with Crippen molar-refractivity contribution in [1.29, 1.82) is 0 Å². The van der Waals surface area contributed by atoms with Crippen molar-refractivity contribution in [3.63, 3.8) is 0 Å². The second-order valence-corrected chi connectivity index (χ2v) is 6.00. The van der Waals surface area contributed by atoms with E-state index in [0.29, 0.717) is 26.4 Å².